The van der Waals surface area contributed by atoms with Crippen molar-refractivity contribution < 1.29 is 0 Å². The highest BCUT2D eigenvalue weighted by atomic mass is 32.1. The molecule has 0 aliphatic carbocycles. The molecule has 4 nitrogen and oxygen atoms in total. The minimum Gasteiger partial charge on any atom is -0.331 e. The number of aromatic nitrogens is 1. The van der Waals surface area contributed by atoms with Crippen LogP contribution in [0.5, 0.6) is 0 Å². The average Bonchev–Trinajstić information content (AvgIpc) is 2.79. The Morgan fingerprint density at radius 2 is 1.33 bits per heavy atom. The third kappa shape index (κ3) is 3.47. The van der Waals surface area contributed by atoms with E-state index in [9.17, 15) is 0 Å². The molecule has 0 aliphatic heterocycles. The van der Waals surface area contributed by atoms with Crippen molar-refractivity contribution in [3.63, 3.8) is 0 Å². The van der Waals surface area contributed by atoms with Gasteiger partial charge in [-0.2, -0.15) is 5.10 Å². The number of hydrazone groups is 1. The van der Waals surface area contributed by atoms with E-state index in [4.69, 9.17) is 17.2 Å². The van der Waals surface area contributed by atoms with E-state index in [1.165, 1.54) is 0 Å². The van der Waals surface area contributed by atoms with Crippen LogP contribution in [0.2, 0.25) is 0 Å². The molecular weight excluding hydrogens is 388 g/mol. The molecule has 2 N–H and O–H groups in total. The van der Waals surface area contributed by atoms with Gasteiger partial charge in [-0.25, -0.2) is 4.98 Å². The summed E-state index contributed by atoms with van der Waals surface area (Å²) in [7, 11) is 0. The van der Waals surface area contributed by atoms with Gasteiger partial charge in [0.25, 0.3) is 0 Å². The van der Waals surface area contributed by atoms with Crippen LogP contribution in [0.3, 0.4) is 0 Å². The summed E-state index contributed by atoms with van der Waals surface area (Å²) in [6, 6.07) is 30.4. The Labute approximate surface area is 179 Å². The van der Waals surface area contributed by atoms with Gasteiger partial charge in [-0.1, -0.05) is 72.8 Å². The summed E-state index contributed by atoms with van der Waals surface area (Å²) in [4.78, 5) is 4.75. The van der Waals surface area contributed by atoms with Crippen molar-refractivity contribution in [3.8, 4) is 0 Å². The van der Waals surface area contributed by atoms with Crippen molar-refractivity contribution in [3.05, 3.63) is 96.6 Å². The molecule has 5 heteroatoms. The molecule has 0 bridgehead atoms. The molecule has 30 heavy (non-hydrogen) atoms. The standard InChI is InChI=1S/C25H18N4S/c30-25(28-22-15-7-9-17-8-1-2-10-18(17)22)29-26-16-21-19-11-3-5-13-23(19)27-24-14-6-4-12-20(21)24/h1-16H,(H2,28,29,30)/b26-16+. The largest absolute Gasteiger partial charge is 0.331 e. The molecule has 5 aromatic rings. The maximum atomic E-state index is 5.46. The van der Waals surface area contributed by atoms with Crippen LogP contribution in [-0.4, -0.2) is 16.3 Å². The lowest BCUT2D eigenvalue weighted by Crippen LogP contribution is -2.24. The Hall–Kier alpha value is -3.83. The lowest BCUT2D eigenvalue weighted by molar-refractivity contribution is 1.05. The van der Waals surface area contributed by atoms with Crippen LogP contribution in [0.25, 0.3) is 32.6 Å². The van der Waals surface area contributed by atoms with Gasteiger partial charge < -0.3 is 5.32 Å². The lowest BCUT2D eigenvalue weighted by Gasteiger charge is -2.10. The summed E-state index contributed by atoms with van der Waals surface area (Å²) in [5.41, 5.74) is 6.78. The van der Waals surface area contributed by atoms with Gasteiger partial charge in [-0.05, 0) is 35.8 Å². The Balaban J connectivity index is 1.43. The first-order valence-electron chi connectivity index (χ1n) is 9.65. The van der Waals surface area contributed by atoms with E-state index in [1.54, 1.807) is 0 Å². The predicted molar refractivity (Wildman–Crippen MR) is 130 cm³/mol. The second-order valence-corrected chi connectivity index (χ2v) is 7.32. The van der Waals surface area contributed by atoms with Crippen LogP contribution >= 0.6 is 12.2 Å². The molecule has 0 aliphatic rings. The lowest BCUT2D eigenvalue weighted by atomic mass is 10.0. The average molecular weight is 407 g/mol. The molecule has 0 saturated carbocycles. The summed E-state index contributed by atoms with van der Waals surface area (Å²) in [5.74, 6) is 0. The van der Waals surface area contributed by atoms with E-state index < -0.39 is 0 Å². The maximum Gasteiger partial charge on any atom is 0.191 e. The Kier molecular flexibility index (Phi) is 4.79. The summed E-state index contributed by atoms with van der Waals surface area (Å²) in [5, 5.41) is 12.5. The van der Waals surface area contributed by atoms with E-state index >= 15 is 0 Å². The number of nitrogens with one attached hydrogen (secondary N) is 2. The van der Waals surface area contributed by atoms with Crippen molar-refractivity contribution in [2.45, 2.75) is 0 Å². The summed E-state index contributed by atoms with van der Waals surface area (Å²) in [6.07, 6.45) is 1.81. The highest BCUT2D eigenvalue weighted by Gasteiger charge is 2.07. The zero-order valence-electron chi connectivity index (χ0n) is 16.0. The highest BCUT2D eigenvalue weighted by molar-refractivity contribution is 7.80. The zero-order chi connectivity index (χ0) is 20.3. The Morgan fingerprint density at radius 3 is 2.07 bits per heavy atom. The van der Waals surface area contributed by atoms with E-state index in [-0.39, 0.29) is 0 Å². The summed E-state index contributed by atoms with van der Waals surface area (Å²) in [6.45, 7) is 0. The van der Waals surface area contributed by atoms with Gasteiger partial charge in [0.2, 0.25) is 0 Å². The molecule has 0 atom stereocenters. The molecule has 0 saturated heterocycles. The molecule has 4 aromatic carbocycles. The highest BCUT2D eigenvalue weighted by Crippen LogP contribution is 2.25. The van der Waals surface area contributed by atoms with E-state index in [2.05, 4.69) is 46.2 Å². The number of anilines is 1. The molecule has 0 amide bonds. The van der Waals surface area contributed by atoms with Gasteiger partial charge in [-0.15, -0.1) is 0 Å². The fraction of sp³-hybridized carbons (Fsp3) is 0. The molecule has 0 unspecified atom stereocenters. The summed E-state index contributed by atoms with van der Waals surface area (Å²) >= 11 is 5.46. The Morgan fingerprint density at radius 1 is 0.733 bits per heavy atom. The van der Waals surface area contributed by atoms with Crippen molar-refractivity contribution in [2.75, 3.05) is 5.32 Å². The molecule has 0 radical (unpaired) electrons. The van der Waals surface area contributed by atoms with Gasteiger partial charge in [0.15, 0.2) is 5.11 Å². The van der Waals surface area contributed by atoms with Crippen LogP contribution < -0.4 is 10.7 Å². The minimum atomic E-state index is 0.435. The van der Waals surface area contributed by atoms with Gasteiger partial charge in [0.1, 0.15) is 0 Å². The first-order chi connectivity index (χ1) is 14.8. The molecule has 5 rings (SSSR count). The number of hydrogen-bond donors (Lipinski definition) is 2. The smallest absolute Gasteiger partial charge is 0.191 e. The fourth-order valence-corrected chi connectivity index (χ4v) is 3.81. The van der Waals surface area contributed by atoms with Gasteiger partial charge in [0, 0.05) is 27.4 Å². The van der Waals surface area contributed by atoms with Crippen LogP contribution in [0.4, 0.5) is 5.69 Å². The number of rotatable bonds is 3. The molecule has 1 heterocycles. The number of para-hydroxylation sites is 2. The molecule has 144 valence electrons. The van der Waals surface area contributed by atoms with E-state index in [1.807, 2.05) is 66.9 Å². The SMILES string of the molecule is S=C(N/N=C/c1c2ccccc2nc2ccccc12)Nc1cccc2ccccc12. The quantitative estimate of drug-likeness (QED) is 0.170. The number of thiocarbonyl (C=S) groups is 1. The third-order valence-corrected chi connectivity index (χ3v) is 5.22. The Bertz CT molecular complexity index is 1370. The fourth-order valence-electron chi connectivity index (χ4n) is 3.65. The van der Waals surface area contributed by atoms with Gasteiger partial charge in [-0.3, -0.25) is 5.43 Å². The number of fused-ring (bicyclic) bond motifs is 3. The molecule has 0 fully saturated rings. The van der Waals surface area contributed by atoms with Crippen LogP contribution in [0.15, 0.2) is 96.1 Å². The minimum absolute atomic E-state index is 0.435. The van der Waals surface area contributed by atoms with Crippen LogP contribution in [0, 0.1) is 0 Å². The number of pyridine rings is 1. The maximum absolute atomic E-state index is 5.46. The first kappa shape index (κ1) is 18.2. The second-order valence-electron chi connectivity index (χ2n) is 6.91. The number of hydrogen-bond acceptors (Lipinski definition) is 3. The second kappa shape index (κ2) is 7.89. The van der Waals surface area contributed by atoms with Gasteiger partial charge >= 0.3 is 0 Å². The van der Waals surface area contributed by atoms with Crippen molar-refractivity contribution >= 4 is 61.8 Å². The zero-order valence-corrected chi connectivity index (χ0v) is 16.9. The van der Waals surface area contributed by atoms with Crippen molar-refractivity contribution in [2.24, 2.45) is 5.10 Å². The van der Waals surface area contributed by atoms with Gasteiger partial charge in [0.05, 0.1) is 17.2 Å². The molecule has 1 aromatic heterocycles. The van der Waals surface area contributed by atoms with E-state index in [0.29, 0.717) is 5.11 Å². The first-order valence-corrected chi connectivity index (χ1v) is 10.1. The predicted octanol–water partition coefficient (Wildman–Crippen LogP) is 5.86. The molecule has 0 spiro atoms. The van der Waals surface area contributed by atoms with Crippen LogP contribution in [-0.2, 0) is 0 Å². The summed E-state index contributed by atoms with van der Waals surface area (Å²) < 4.78 is 0. The number of nitrogens with zero attached hydrogens (tertiary/aromatic N) is 2. The topological polar surface area (TPSA) is 49.3 Å². The normalized spacial score (nSPS) is 11.3. The van der Waals surface area contributed by atoms with E-state index in [0.717, 1.165) is 43.8 Å². The van der Waals surface area contributed by atoms with Crippen molar-refractivity contribution in [1.82, 2.24) is 10.4 Å². The number of benzene rings is 4. The van der Waals surface area contributed by atoms with Crippen LogP contribution in [0.1, 0.15) is 5.56 Å². The monoisotopic (exact) mass is 406 g/mol. The third-order valence-electron chi connectivity index (χ3n) is 5.03. The molecular formula is C25H18N4S. The van der Waals surface area contributed by atoms with Crippen molar-refractivity contribution in [1.29, 1.82) is 0 Å².